The van der Waals surface area contributed by atoms with Crippen LogP contribution in [0.15, 0.2) is 5.11 Å². The predicted molar refractivity (Wildman–Crippen MR) is 103 cm³/mol. The molecule has 0 aromatic rings. The third kappa shape index (κ3) is 6.46. The Labute approximate surface area is 183 Å². The maximum absolute atomic E-state index is 11.8. The molecule has 1 amide bonds. The van der Waals surface area contributed by atoms with Crippen LogP contribution in [0.3, 0.4) is 0 Å². The van der Waals surface area contributed by atoms with Crippen LogP contribution < -0.4 is 5.32 Å². The van der Waals surface area contributed by atoms with Crippen LogP contribution in [0, 0.1) is 0 Å². The van der Waals surface area contributed by atoms with Gasteiger partial charge in [0.05, 0.1) is 13.2 Å². The number of carbonyl (C=O) groups excluding carboxylic acids is 1. The van der Waals surface area contributed by atoms with Gasteiger partial charge < -0.3 is 54.9 Å². The van der Waals surface area contributed by atoms with Gasteiger partial charge in [0.2, 0.25) is 5.91 Å². The number of rotatable bonds is 10. The molecule has 2 heterocycles. The van der Waals surface area contributed by atoms with Crippen molar-refractivity contribution < 1.29 is 54.4 Å². The summed E-state index contributed by atoms with van der Waals surface area (Å²) >= 11 is 0. The van der Waals surface area contributed by atoms with Crippen molar-refractivity contribution in [2.45, 2.75) is 74.7 Å². The van der Waals surface area contributed by atoms with Gasteiger partial charge in [-0.15, -0.1) is 0 Å². The summed E-state index contributed by atoms with van der Waals surface area (Å²) in [5, 5.41) is 65.7. The third-order valence-electron chi connectivity index (χ3n) is 5.11. The molecule has 15 nitrogen and oxygen atoms in total. The van der Waals surface area contributed by atoms with E-state index in [2.05, 4.69) is 15.3 Å². The van der Waals surface area contributed by atoms with Crippen molar-refractivity contribution in [1.82, 2.24) is 5.32 Å². The lowest BCUT2D eigenvalue weighted by Gasteiger charge is -2.47. The number of aliphatic hydroxyl groups excluding tert-OH is 6. The minimum Gasteiger partial charge on any atom is -0.394 e. The van der Waals surface area contributed by atoms with Crippen LogP contribution in [0.5, 0.6) is 0 Å². The summed E-state index contributed by atoms with van der Waals surface area (Å²) in [6, 6.07) is -1.14. The van der Waals surface area contributed by atoms with Gasteiger partial charge in [0, 0.05) is 25.0 Å². The Hall–Kier alpha value is -1.62. The molecule has 7 N–H and O–H groups in total. The Kier molecular flexibility index (Phi) is 10.5. The van der Waals surface area contributed by atoms with E-state index >= 15 is 0 Å². The predicted octanol–water partition coefficient (Wildman–Crippen LogP) is -3.53. The van der Waals surface area contributed by atoms with E-state index in [-0.39, 0.29) is 13.2 Å². The molecule has 0 aromatic heterocycles. The van der Waals surface area contributed by atoms with E-state index in [1.807, 2.05) is 0 Å². The van der Waals surface area contributed by atoms with Crippen LogP contribution in [0.4, 0.5) is 0 Å². The number of hydrogen-bond acceptors (Lipinski definition) is 12. The number of nitrogens with zero attached hydrogens (tertiary/aromatic N) is 3. The van der Waals surface area contributed by atoms with Crippen LogP contribution >= 0.6 is 0 Å². The maximum Gasteiger partial charge on any atom is 0.217 e. The Morgan fingerprint density at radius 3 is 2.25 bits per heavy atom. The van der Waals surface area contributed by atoms with Gasteiger partial charge in [-0.3, -0.25) is 4.79 Å². The summed E-state index contributed by atoms with van der Waals surface area (Å²) < 4.78 is 22.1. The molecule has 2 fully saturated rings. The van der Waals surface area contributed by atoms with Crippen molar-refractivity contribution in [2.24, 2.45) is 5.11 Å². The van der Waals surface area contributed by atoms with Crippen molar-refractivity contribution in [3.05, 3.63) is 10.4 Å². The summed E-state index contributed by atoms with van der Waals surface area (Å²) in [5.41, 5.74) is 8.33. The fraction of sp³-hybridized carbons (Fsp3) is 0.941. The standard InChI is InChI=1S/C17H30N4O11/c1-7(24)20-10-15(32-17-14(28)13(27)11(25)8(5-22)31-17)12(26)9(6-23)30-16(10)29-4-2-3-19-21-18/h8-17,22-23,25-28H,2-6H2,1H3,(H,20,24)/t8?,9?,10?,11-,12-,13?,14-,15+,16-,17-/m0/s1. The fourth-order valence-corrected chi connectivity index (χ4v) is 3.47. The molecule has 10 atom stereocenters. The summed E-state index contributed by atoms with van der Waals surface area (Å²) in [5.74, 6) is -0.529. The second-order valence-corrected chi connectivity index (χ2v) is 7.42. The Morgan fingerprint density at radius 2 is 1.66 bits per heavy atom. The van der Waals surface area contributed by atoms with Gasteiger partial charge in [0.25, 0.3) is 0 Å². The topological polar surface area (TPSA) is 236 Å². The van der Waals surface area contributed by atoms with Gasteiger partial charge in [0.1, 0.15) is 48.8 Å². The number of aliphatic hydroxyl groups is 6. The molecule has 2 aliphatic rings. The highest BCUT2D eigenvalue weighted by molar-refractivity contribution is 5.73. The maximum atomic E-state index is 11.8. The molecule has 0 spiro atoms. The second-order valence-electron chi connectivity index (χ2n) is 7.42. The number of nitrogens with one attached hydrogen (secondary N) is 1. The molecule has 2 rings (SSSR count). The number of amides is 1. The minimum absolute atomic E-state index is 0.0424. The minimum atomic E-state index is -1.75. The van der Waals surface area contributed by atoms with Gasteiger partial charge in [-0.25, -0.2) is 0 Å². The van der Waals surface area contributed by atoms with E-state index in [0.717, 1.165) is 0 Å². The van der Waals surface area contributed by atoms with Crippen molar-refractivity contribution in [2.75, 3.05) is 26.4 Å². The Bertz CT molecular complexity index is 650. The van der Waals surface area contributed by atoms with Gasteiger partial charge in [0.15, 0.2) is 12.6 Å². The first-order chi connectivity index (χ1) is 15.2. The van der Waals surface area contributed by atoms with Crippen LogP contribution in [0.25, 0.3) is 10.4 Å². The zero-order valence-corrected chi connectivity index (χ0v) is 17.4. The molecule has 0 saturated carbocycles. The lowest BCUT2D eigenvalue weighted by molar-refractivity contribution is -0.344. The molecule has 15 heteroatoms. The molecular weight excluding hydrogens is 436 g/mol. The molecule has 0 bridgehead atoms. The van der Waals surface area contributed by atoms with Crippen LogP contribution in [0.1, 0.15) is 13.3 Å². The Balaban J connectivity index is 2.22. The van der Waals surface area contributed by atoms with Crippen molar-refractivity contribution in [1.29, 1.82) is 0 Å². The number of azide groups is 1. The SMILES string of the molecule is CC(=O)NC1[C@@H](OCCCN=[N+]=[N-])OC(CO)[C@H](O)[C@@H]1O[C@@H]1OC(CO)[C@H](O)C(O)[C@@H]1O. The summed E-state index contributed by atoms with van der Waals surface area (Å²) in [7, 11) is 0. The Morgan fingerprint density at radius 1 is 1.03 bits per heavy atom. The number of carbonyl (C=O) groups is 1. The first kappa shape index (κ1) is 26.6. The largest absolute Gasteiger partial charge is 0.394 e. The molecular formula is C17H30N4O11. The molecule has 0 radical (unpaired) electrons. The van der Waals surface area contributed by atoms with E-state index in [4.69, 9.17) is 24.5 Å². The van der Waals surface area contributed by atoms with E-state index in [1.54, 1.807) is 0 Å². The highest BCUT2D eigenvalue weighted by Crippen LogP contribution is 2.29. The van der Waals surface area contributed by atoms with Crippen LogP contribution in [0.2, 0.25) is 0 Å². The highest BCUT2D eigenvalue weighted by atomic mass is 16.7. The molecule has 2 aliphatic heterocycles. The lowest BCUT2D eigenvalue weighted by Crippen LogP contribution is -2.68. The van der Waals surface area contributed by atoms with Crippen molar-refractivity contribution in [3.63, 3.8) is 0 Å². The molecule has 4 unspecified atom stereocenters. The highest BCUT2D eigenvalue weighted by Gasteiger charge is 2.51. The zero-order chi connectivity index (χ0) is 23.8. The number of hydrogen-bond donors (Lipinski definition) is 7. The first-order valence-corrected chi connectivity index (χ1v) is 10.0. The monoisotopic (exact) mass is 466 g/mol. The number of ether oxygens (including phenoxy) is 4. The van der Waals surface area contributed by atoms with Crippen LogP contribution in [-0.2, 0) is 23.7 Å². The average Bonchev–Trinajstić information content (AvgIpc) is 2.76. The van der Waals surface area contributed by atoms with E-state index in [0.29, 0.717) is 6.42 Å². The molecule has 2 saturated heterocycles. The van der Waals surface area contributed by atoms with Crippen molar-refractivity contribution >= 4 is 5.91 Å². The first-order valence-electron chi connectivity index (χ1n) is 10.0. The molecule has 184 valence electrons. The summed E-state index contributed by atoms with van der Waals surface area (Å²) in [6.45, 7) is 0.0628. The van der Waals surface area contributed by atoms with Crippen LogP contribution in [-0.4, -0.2) is 124 Å². The summed E-state index contributed by atoms with van der Waals surface area (Å²) in [6.07, 6.45) is -12.9. The van der Waals surface area contributed by atoms with E-state index in [9.17, 15) is 35.4 Å². The van der Waals surface area contributed by atoms with E-state index in [1.165, 1.54) is 6.92 Å². The molecule has 32 heavy (non-hydrogen) atoms. The van der Waals surface area contributed by atoms with Gasteiger partial charge >= 0.3 is 0 Å². The quantitative estimate of drug-likeness (QED) is 0.0720. The van der Waals surface area contributed by atoms with Gasteiger partial charge in [-0.2, -0.15) is 0 Å². The third-order valence-corrected chi connectivity index (χ3v) is 5.11. The van der Waals surface area contributed by atoms with Gasteiger partial charge in [-0.1, -0.05) is 5.11 Å². The lowest BCUT2D eigenvalue weighted by atomic mass is 9.95. The van der Waals surface area contributed by atoms with Crippen molar-refractivity contribution in [3.8, 4) is 0 Å². The smallest absolute Gasteiger partial charge is 0.217 e. The normalized spacial score (nSPS) is 39.8. The second kappa shape index (κ2) is 12.6. The van der Waals surface area contributed by atoms with Gasteiger partial charge in [-0.05, 0) is 12.0 Å². The molecule has 0 aliphatic carbocycles. The van der Waals surface area contributed by atoms with E-state index < -0.39 is 80.5 Å². The summed E-state index contributed by atoms with van der Waals surface area (Å²) in [4.78, 5) is 14.4. The zero-order valence-electron chi connectivity index (χ0n) is 17.4. The molecule has 0 aromatic carbocycles. The fourth-order valence-electron chi connectivity index (χ4n) is 3.47. The average molecular weight is 466 g/mol.